The van der Waals surface area contributed by atoms with Gasteiger partial charge in [0.2, 0.25) is 0 Å². The third kappa shape index (κ3) is 3.88. The Labute approximate surface area is 125 Å². The number of hydrogen-bond acceptors (Lipinski definition) is 1. The monoisotopic (exact) mass is 312 g/mol. The van der Waals surface area contributed by atoms with Gasteiger partial charge in [-0.25, -0.2) is 8.78 Å². The summed E-state index contributed by atoms with van der Waals surface area (Å²) in [6, 6.07) is 10.6. The van der Waals surface area contributed by atoms with Crippen LogP contribution in [-0.4, -0.2) is 5.11 Å². The largest absolute Gasteiger partial charge is 0.358 e. The van der Waals surface area contributed by atoms with Crippen LogP contribution >= 0.6 is 23.8 Å². The van der Waals surface area contributed by atoms with E-state index in [1.54, 1.807) is 6.07 Å². The molecule has 0 unspecified atom stereocenters. The van der Waals surface area contributed by atoms with E-state index in [-0.39, 0.29) is 10.8 Å². The smallest absolute Gasteiger partial charge is 0.171 e. The molecule has 0 aliphatic heterocycles. The Morgan fingerprint density at radius 1 is 1.15 bits per heavy atom. The second-order valence-electron chi connectivity index (χ2n) is 4.02. The highest BCUT2D eigenvalue weighted by Crippen LogP contribution is 2.16. The Bertz CT molecular complexity index is 634. The summed E-state index contributed by atoms with van der Waals surface area (Å²) in [5.41, 5.74) is 0.987. The summed E-state index contributed by atoms with van der Waals surface area (Å²) in [6.45, 7) is 0.411. The van der Waals surface area contributed by atoms with Crippen LogP contribution in [0.1, 0.15) is 5.56 Å². The fourth-order valence-electron chi connectivity index (χ4n) is 1.57. The highest BCUT2D eigenvalue weighted by atomic mass is 35.5. The van der Waals surface area contributed by atoms with Gasteiger partial charge in [-0.1, -0.05) is 29.8 Å². The minimum Gasteiger partial charge on any atom is -0.358 e. The quantitative estimate of drug-likeness (QED) is 0.834. The minimum atomic E-state index is -0.702. The second kappa shape index (κ2) is 6.63. The third-order valence-corrected chi connectivity index (χ3v) is 3.19. The highest BCUT2D eigenvalue weighted by molar-refractivity contribution is 7.80. The molecular weight excluding hydrogens is 302 g/mol. The first-order chi connectivity index (χ1) is 9.56. The average Bonchev–Trinajstić information content (AvgIpc) is 2.41. The van der Waals surface area contributed by atoms with Crippen LogP contribution in [-0.2, 0) is 6.54 Å². The molecule has 2 aromatic rings. The van der Waals surface area contributed by atoms with Crippen LogP contribution < -0.4 is 10.6 Å². The fraction of sp³-hybridized carbons (Fsp3) is 0.0714. The van der Waals surface area contributed by atoms with Crippen molar-refractivity contribution in [1.29, 1.82) is 0 Å². The van der Waals surface area contributed by atoms with E-state index in [1.165, 1.54) is 6.07 Å². The molecule has 0 heterocycles. The van der Waals surface area contributed by atoms with Crippen LogP contribution in [0, 0.1) is 11.6 Å². The highest BCUT2D eigenvalue weighted by Gasteiger charge is 2.06. The van der Waals surface area contributed by atoms with Gasteiger partial charge >= 0.3 is 0 Å². The maximum atomic E-state index is 13.4. The van der Waals surface area contributed by atoms with Gasteiger partial charge in [0.1, 0.15) is 11.6 Å². The molecule has 20 heavy (non-hydrogen) atoms. The molecule has 0 aliphatic carbocycles. The molecule has 0 aromatic heterocycles. The molecule has 0 saturated heterocycles. The average molecular weight is 313 g/mol. The molecule has 104 valence electrons. The van der Waals surface area contributed by atoms with Crippen molar-refractivity contribution in [3.8, 4) is 0 Å². The predicted octanol–water partition coefficient (Wildman–Crippen LogP) is 4.10. The van der Waals surface area contributed by atoms with Gasteiger partial charge in [0.25, 0.3) is 0 Å². The van der Waals surface area contributed by atoms with Gasteiger partial charge in [0.05, 0.1) is 5.69 Å². The van der Waals surface area contributed by atoms with Gasteiger partial charge in [-0.05, 0) is 36.0 Å². The van der Waals surface area contributed by atoms with Crippen molar-refractivity contribution in [2.75, 3.05) is 5.32 Å². The zero-order valence-electron chi connectivity index (χ0n) is 10.3. The van der Waals surface area contributed by atoms with Gasteiger partial charge in [-0.15, -0.1) is 0 Å². The number of nitrogens with one attached hydrogen (secondary N) is 2. The maximum absolute atomic E-state index is 13.4. The van der Waals surface area contributed by atoms with Crippen LogP contribution in [0.25, 0.3) is 0 Å². The van der Waals surface area contributed by atoms with E-state index >= 15 is 0 Å². The predicted molar refractivity (Wildman–Crippen MR) is 80.9 cm³/mol. The Hall–Kier alpha value is -1.72. The molecule has 0 amide bonds. The zero-order valence-corrected chi connectivity index (χ0v) is 11.9. The van der Waals surface area contributed by atoms with Crippen LogP contribution in [0.2, 0.25) is 5.02 Å². The van der Waals surface area contributed by atoms with Crippen molar-refractivity contribution in [3.05, 3.63) is 64.7 Å². The Morgan fingerprint density at radius 2 is 1.90 bits per heavy atom. The fourth-order valence-corrected chi connectivity index (χ4v) is 1.96. The first-order valence-electron chi connectivity index (χ1n) is 5.79. The van der Waals surface area contributed by atoms with E-state index in [0.29, 0.717) is 11.6 Å². The van der Waals surface area contributed by atoms with E-state index < -0.39 is 11.6 Å². The van der Waals surface area contributed by atoms with Gasteiger partial charge in [-0.3, -0.25) is 0 Å². The summed E-state index contributed by atoms with van der Waals surface area (Å²) in [5, 5.41) is 6.42. The summed E-state index contributed by atoms with van der Waals surface area (Å²) in [5.74, 6) is -1.34. The number of hydrogen-bond donors (Lipinski definition) is 2. The van der Waals surface area contributed by atoms with Gasteiger partial charge in [-0.2, -0.15) is 0 Å². The number of anilines is 1. The molecule has 0 bridgehead atoms. The van der Waals surface area contributed by atoms with Crippen LogP contribution in [0.5, 0.6) is 0 Å². The van der Waals surface area contributed by atoms with Crippen LogP contribution in [0.15, 0.2) is 42.5 Å². The van der Waals surface area contributed by atoms with Crippen molar-refractivity contribution in [1.82, 2.24) is 5.32 Å². The maximum Gasteiger partial charge on any atom is 0.171 e. The minimum absolute atomic E-state index is 0.114. The molecule has 2 rings (SSSR count). The van der Waals surface area contributed by atoms with E-state index in [1.807, 2.05) is 18.2 Å². The number of thiocarbonyl (C=S) groups is 1. The topological polar surface area (TPSA) is 24.1 Å². The van der Waals surface area contributed by atoms with Crippen LogP contribution in [0.4, 0.5) is 14.5 Å². The van der Waals surface area contributed by atoms with Gasteiger partial charge < -0.3 is 10.6 Å². The molecule has 0 fully saturated rings. The van der Waals surface area contributed by atoms with E-state index in [0.717, 1.165) is 17.7 Å². The number of benzene rings is 2. The standard InChI is InChI=1S/C14H11ClF2N2S/c15-11-4-2-1-3-9(11)8-18-14(20)19-13-6-5-10(16)7-12(13)17/h1-7H,8H2,(H2,18,19,20). The number of halogens is 3. The summed E-state index contributed by atoms with van der Waals surface area (Å²) in [7, 11) is 0. The van der Waals surface area contributed by atoms with E-state index in [4.69, 9.17) is 23.8 Å². The van der Waals surface area contributed by atoms with Crippen molar-refractivity contribution < 1.29 is 8.78 Å². The van der Waals surface area contributed by atoms with E-state index in [2.05, 4.69) is 10.6 Å². The van der Waals surface area contributed by atoms with Crippen molar-refractivity contribution >= 4 is 34.6 Å². The lowest BCUT2D eigenvalue weighted by Gasteiger charge is -2.12. The van der Waals surface area contributed by atoms with Gasteiger partial charge in [0, 0.05) is 17.6 Å². The Balaban J connectivity index is 1.94. The molecule has 2 nitrogen and oxygen atoms in total. The summed E-state index contributed by atoms with van der Waals surface area (Å²) < 4.78 is 26.2. The van der Waals surface area contributed by atoms with Crippen molar-refractivity contribution in [2.45, 2.75) is 6.54 Å². The van der Waals surface area contributed by atoms with Gasteiger partial charge in [0.15, 0.2) is 5.11 Å². The normalized spacial score (nSPS) is 10.2. The molecule has 2 aromatic carbocycles. The second-order valence-corrected chi connectivity index (χ2v) is 4.84. The van der Waals surface area contributed by atoms with Crippen molar-refractivity contribution in [3.63, 3.8) is 0 Å². The molecule has 0 atom stereocenters. The first-order valence-corrected chi connectivity index (χ1v) is 6.58. The zero-order chi connectivity index (χ0) is 14.5. The molecular formula is C14H11ClF2N2S. The molecule has 0 saturated carbocycles. The summed E-state index contributed by atoms with van der Waals surface area (Å²) in [4.78, 5) is 0. The summed E-state index contributed by atoms with van der Waals surface area (Å²) in [6.07, 6.45) is 0. The lowest BCUT2D eigenvalue weighted by atomic mass is 10.2. The first kappa shape index (κ1) is 14.7. The molecule has 0 aliphatic rings. The Morgan fingerprint density at radius 3 is 2.60 bits per heavy atom. The summed E-state index contributed by atoms with van der Waals surface area (Å²) >= 11 is 11.1. The molecule has 2 N–H and O–H groups in total. The lowest BCUT2D eigenvalue weighted by Crippen LogP contribution is -2.28. The lowest BCUT2D eigenvalue weighted by molar-refractivity contribution is 0.586. The molecule has 6 heteroatoms. The Kier molecular flexibility index (Phi) is 4.87. The molecule has 0 radical (unpaired) electrons. The number of rotatable bonds is 3. The van der Waals surface area contributed by atoms with Crippen molar-refractivity contribution in [2.24, 2.45) is 0 Å². The van der Waals surface area contributed by atoms with Crippen LogP contribution in [0.3, 0.4) is 0 Å². The molecule has 0 spiro atoms. The SMILES string of the molecule is Fc1ccc(NC(=S)NCc2ccccc2Cl)c(F)c1. The third-order valence-electron chi connectivity index (χ3n) is 2.58. The van der Waals surface area contributed by atoms with E-state index in [9.17, 15) is 8.78 Å².